The van der Waals surface area contributed by atoms with E-state index < -0.39 is 5.97 Å². The molecular weight excluding hydrogens is 308 g/mol. The summed E-state index contributed by atoms with van der Waals surface area (Å²) in [5, 5.41) is 8.20. The van der Waals surface area contributed by atoms with Gasteiger partial charge in [0.15, 0.2) is 5.82 Å². The molecule has 0 aliphatic carbocycles. The normalized spacial score (nSPS) is 10.8. The molecule has 0 bridgehead atoms. The molecule has 0 saturated carbocycles. The minimum Gasteiger partial charge on any atom is -0.457 e. The second-order valence-corrected chi connectivity index (χ2v) is 5.62. The van der Waals surface area contributed by atoms with Crippen molar-refractivity contribution in [1.82, 2.24) is 19.9 Å². The maximum absolute atomic E-state index is 12.1. The zero-order valence-corrected chi connectivity index (χ0v) is 14.0. The molecule has 0 atom stereocenters. The van der Waals surface area contributed by atoms with Gasteiger partial charge in [-0.1, -0.05) is 5.16 Å². The first-order valence-electron chi connectivity index (χ1n) is 7.54. The Labute approximate surface area is 139 Å². The molecule has 7 nitrogen and oxygen atoms in total. The summed E-state index contributed by atoms with van der Waals surface area (Å²) < 4.78 is 12.1. The number of carbonyl (C=O) groups excluding carboxylic acids is 1. The minimum absolute atomic E-state index is 0.124. The molecular formula is C17H18N4O3. The number of carbonyl (C=O) groups is 1. The van der Waals surface area contributed by atoms with Crippen LogP contribution in [0.2, 0.25) is 0 Å². The van der Waals surface area contributed by atoms with Crippen LogP contribution in [-0.2, 0) is 11.3 Å². The standard InChI is InChI=1S/C17H18N4O3/c1-10-7-11(2)21(19-10)16-6-5-14(8-18-16)17(22)23-9-15-12(3)20-24-13(15)4/h5-8H,9H2,1-4H3. The number of rotatable bonds is 4. The summed E-state index contributed by atoms with van der Waals surface area (Å²) in [6.45, 7) is 7.59. The Kier molecular flexibility index (Phi) is 4.16. The average Bonchev–Trinajstić information content (AvgIpc) is 3.07. The van der Waals surface area contributed by atoms with Gasteiger partial charge < -0.3 is 9.26 Å². The first-order chi connectivity index (χ1) is 11.5. The second kappa shape index (κ2) is 6.27. The Morgan fingerprint density at radius 2 is 2.04 bits per heavy atom. The van der Waals surface area contributed by atoms with Crippen LogP contribution < -0.4 is 0 Å². The molecule has 0 fully saturated rings. The number of hydrogen-bond donors (Lipinski definition) is 0. The lowest BCUT2D eigenvalue weighted by molar-refractivity contribution is 0.0470. The van der Waals surface area contributed by atoms with Crippen LogP contribution in [0.1, 0.15) is 38.8 Å². The molecule has 0 aromatic carbocycles. The van der Waals surface area contributed by atoms with Crippen molar-refractivity contribution in [2.75, 3.05) is 0 Å². The van der Waals surface area contributed by atoms with E-state index in [4.69, 9.17) is 9.26 Å². The summed E-state index contributed by atoms with van der Waals surface area (Å²) in [7, 11) is 0. The van der Waals surface area contributed by atoms with Crippen LogP contribution in [0.25, 0.3) is 5.82 Å². The van der Waals surface area contributed by atoms with Gasteiger partial charge in [0.05, 0.1) is 22.5 Å². The predicted molar refractivity (Wildman–Crippen MR) is 85.9 cm³/mol. The van der Waals surface area contributed by atoms with Gasteiger partial charge in [-0.15, -0.1) is 0 Å². The van der Waals surface area contributed by atoms with Crippen LogP contribution in [0.3, 0.4) is 0 Å². The van der Waals surface area contributed by atoms with E-state index in [1.807, 2.05) is 26.8 Å². The fourth-order valence-corrected chi connectivity index (χ4v) is 2.42. The number of ether oxygens (including phenoxy) is 1. The maximum Gasteiger partial charge on any atom is 0.340 e. The van der Waals surface area contributed by atoms with E-state index in [2.05, 4.69) is 15.2 Å². The lowest BCUT2D eigenvalue weighted by atomic mass is 10.2. The highest BCUT2D eigenvalue weighted by Crippen LogP contribution is 2.15. The van der Waals surface area contributed by atoms with Crippen molar-refractivity contribution in [2.45, 2.75) is 34.3 Å². The van der Waals surface area contributed by atoms with E-state index in [-0.39, 0.29) is 6.61 Å². The van der Waals surface area contributed by atoms with Crippen molar-refractivity contribution in [1.29, 1.82) is 0 Å². The third-order valence-corrected chi connectivity index (χ3v) is 3.74. The molecule has 0 aliphatic rings. The summed E-state index contributed by atoms with van der Waals surface area (Å²) in [6.07, 6.45) is 1.49. The van der Waals surface area contributed by atoms with Gasteiger partial charge in [0, 0.05) is 11.9 Å². The van der Waals surface area contributed by atoms with E-state index in [0.29, 0.717) is 17.1 Å². The number of aryl methyl sites for hydroxylation is 4. The smallest absolute Gasteiger partial charge is 0.340 e. The minimum atomic E-state index is -0.442. The maximum atomic E-state index is 12.1. The highest BCUT2D eigenvalue weighted by molar-refractivity contribution is 5.89. The van der Waals surface area contributed by atoms with Crippen molar-refractivity contribution in [2.24, 2.45) is 0 Å². The van der Waals surface area contributed by atoms with E-state index in [1.165, 1.54) is 6.20 Å². The molecule has 0 amide bonds. The molecule has 3 aromatic rings. The zero-order chi connectivity index (χ0) is 17.3. The summed E-state index contributed by atoms with van der Waals surface area (Å²) in [5.74, 6) is 0.864. The van der Waals surface area contributed by atoms with Crippen LogP contribution in [0.15, 0.2) is 28.9 Å². The van der Waals surface area contributed by atoms with Gasteiger partial charge in [-0.05, 0) is 45.9 Å². The van der Waals surface area contributed by atoms with Crippen LogP contribution in [0, 0.1) is 27.7 Å². The summed E-state index contributed by atoms with van der Waals surface area (Å²) >= 11 is 0. The topological polar surface area (TPSA) is 83.0 Å². The quantitative estimate of drug-likeness (QED) is 0.686. The first kappa shape index (κ1) is 15.9. The Morgan fingerprint density at radius 1 is 1.25 bits per heavy atom. The molecule has 3 heterocycles. The molecule has 124 valence electrons. The number of aromatic nitrogens is 4. The van der Waals surface area contributed by atoms with Crippen molar-refractivity contribution in [3.8, 4) is 5.82 Å². The Bertz CT molecular complexity index is 858. The molecule has 3 aromatic heterocycles. The third-order valence-electron chi connectivity index (χ3n) is 3.74. The van der Waals surface area contributed by atoms with E-state index in [0.717, 1.165) is 22.6 Å². The van der Waals surface area contributed by atoms with Gasteiger partial charge in [0.1, 0.15) is 12.4 Å². The number of nitrogens with zero attached hydrogens (tertiary/aromatic N) is 4. The molecule has 0 aliphatic heterocycles. The molecule has 3 rings (SSSR count). The Morgan fingerprint density at radius 3 is 2.58 bits per heavy atom. The third kappa shape index (κ3) is 3.05. The molecule has 0 radical (unpaired) electrons. The summed E-state index contributed by atoms with van der Waals surface area (Å²) in [5.41, 5.74) is 3.78. The summed E-state index contributed by atoms with van der Waals surface area (Å²) in [4.78, 5) is 16.4. The van der Waals surface area contributed by atoms with Crippen LogP contribution >= 0.6 is 0 Å². The number of hydrogen-bond acceptors (Lipinski definition) is 6. The Balaban J connectivity index is 1.71. The SMILES string of the molecule is Cc1cc(C)n(-c2ccc(C(=O)OCc3c(C)noc3C)cn2)n1. The monoisotopic (exact) mass is 326 g/mol. The highest BCUT2D eigenvalue weighted by Gasteiger charge is 2.14. The fourth-order valence-electron chi connectivity index (χ4n) is 2.42. The fraction of sp³-hybridized carbons (Fsp3) is 0.294. The number of esters is 1. The van der Waals surface area contributed by atoms with Crippen LogP contribution in [0.5, 0.6) is 0 Å². The average molecular weight is 326 g/mol. The molecule has 0 unspecified atom stereocenters. The van der Waals surface area contributed by atoms with Crippen molar-refractivity contribution in [3.63, 3.8) is 0 Å². The van der Waals surface area contributed by atoms with Gasteiger partial charge in [-0.25, -0.2) is 14.5 Å². The number of pyridine rings is 1. The molecule has 24 heavy (non-hydrogen) atoms. The van der Waals surface area contributed by atoms with Crippen molar-refractivity contribution >= 4 is 5.97 Å². The van der Waals surface area contributed by atoms with Gasteiger partial charge in [-0.2, -0.15) is 5.10 Å². The zero-order valence-electron chi connectivity index (χ0n) is 14.0. The van der Waals surface area contributed by atoms with Crippen LogP contribution in [0.4, 0.5) is 0 Å². The van der Waals surface area contributed by atoms with Gasteiger partial charge in [-0.3, -0.25) is 0 Å². The molecule has 0 N–H and O–H groups in total. The lowest BCUT2D eigenvalue weighted by Gasteiger charge is -2.06. The van der Waals surface area contributed by atoms with E-state index in [1.54, 1.807) is 23.7 Å². The molecule has 0 spiro atoms. The Hall–Kier alpha value is -2.96. The van der Waals surface area contributed by atoms with Gasteiger partial charge >= 0.3 is 5.97 Å². The summed E-state index contributed by atoms with van der Waals surface area (Å²) in [6, 6.07) is 5.38. The lowest BCUT2D eigenvalue weighted by Crippen LogP contribution is -2.08. The second-order valence-electron chi connectivity index (χ2n) is 5.62. The van der Waals surface area contributed by atoms with Gasteiger partial charge in [0.25, 0.3) is 0 Å². The largest absolute Gasteiger partial charge is 0.457 e. The molecule has 7 heteroatoms. The van der Waals surface area contributed by atoms with Crippen LogP contribution in [-0.4, -0.2) is 25.9 Å². The molecule has 0 saturated heterocycles. The van der Waals surface area contributed by atoms with Crippen molar-refractivity contribution < 1.29 is 14.1 Å². The van der Waals surface area contributed by atoms with Crippen molar-refractivity contribution in [3.05, 3.63) is 58.4 Å². The van der Waals surface area contributed by atoms with E-state index >= 15 is 0 Å². The first-order valence-corrected chi connectivity index (χ1v) is 7.54. The van der Waals surface area contributed by atoms with Gasteiger partial charge in [0.2, 0.25) is 0 Å². The highest BCUT2D eigenvalue weighted by atomic mass is 16.5. The predicted octanol–water partition coefficient (Wildman–Crippen LogP) is 2.85. The van der Waals surface area contributed by atoms with E-state index in [9.17, 15) is 4.79 Å².